The molecule has 1 heterocycles. The van der Waals surface area contributed by atoms with Gasteiger partial charge in [0.15, 0.2) is 11.5 Å². The van der Waals surface area contributed by atoms with E-state index in [2.05, 4.69) is 4.98 Å². The van der Waals surface area contributed by atoms with Gasteiger partial charge in [0.25, 0.3) is 0 Å². The van der Waals surface area contributed by atoms with E-state index in [1.54, 1.807) is 6.92 Å². The average molecular weight is 221 g/mol. The first-order valence-corrected chi connectivity index (χ1v) is 4.37. The molecule has 2 aromatic rings. The SMILES string of the molecule is Cc1nc2cc(C(=O)O)c(C(=O)O)cc2o1. The highest BCUT2D eigenvalue weighted by Gasteiger charge is 2.19. The van der Waals surface area contributed by atoms with E-state index in [1.165, 1.54) is 12.1 Å². The van der Waals surface area contributed by atoms with E-state index >= 15 is 0 Å². The number of carboxylic acid groups (broad SMARTS) is 2. The molecule has 0 atom stereocenters. The molecule has 0 spiro atoms. The summed E-state index contributed by atoms with van der Waals surface area (Å²) < 4.78 is 5.13. The molecule has 0 unspecified atom stereocenters. The predicted molar refractivity (Wildman–Crippen MR) is 52.7 cm³/mol. The number of aromatic carboxylic acids is 2. The summed E-state index contributed by atoms with van der Waals surface area (Å²) in [6.45, 7) is 1.60. The summed E-state index contributed by atoms with van der Waals surface area (Å²) in [4.78, 5) is 25.6. The lowest BCUT2D eigenvalue weighted by atomic mass is 10.1. The highest BCUT2D eigenvalue weighted by atomic mass is 16.4. The molecular formula is C10H7NO5. The van der Waals surface area contributed by atoms with E-state index in [0.29, 0.717) is 11.4 Å². The molecule has 0 fully saturated rings. The van der Waals surface area contributed by atoms with Crippen molar-refractivity contribution in [3.63, 3.8) is 0 Å². The summed E-state index contributed by atoms with van der Waals surface area (Å²) in [6.07, 6.45) is 0. The fraction of sp³-hybridized carbons (Fsp3) is 0.100. The molecule has 0 radical (unpaired) electrons. The van der Waals surface area contributed by atoms with Gasteiger partial charge in [-0.3, -0.25) is 0 Å². The number of hydrogen-bond acceptors (Lipinski definition) is 4. The molecule has 0 saturated heterocycles. The van der Waals surface area contributed by atoms with E-state index in [1.807, 2.05) is 0 Å². The number of aryl methyl sites for hydroxylation is 1. The summed E-state index contributed by atoms with van der Waals surface area (Å²) in [7, 11) is 0. The van der Waals surface area contributed by atoms with E-state index in [0.717, 1.165) is 0 Å². The number of nitrogens with zero attached hydrogens (tertiary/aromatic N) is 1. The Hall–Kier alpha value is -2.37. The van der Waals surface area contributed by atoms with E-state index in [9.17, 15) is 9.59 Å². The molecule has 82 valence electrons. The second kappa shape index (κ2) is 3.34. The van der Waals surface area contributed by atoms with Crippen molar-refractivity contribution in [3.8, 4) is 0 Å². The number of oxazole rings is 1. The first kappa shape index (κ1) is 10.2. The van der Waals surface area contributed by atoms with Gasteiger partial charge in [-0.2, -0.15) is 0 Å². The number of fused-ring (bicyclic) bond motifs is 1. The third-order valence-corrected chi connectivity index (χ3v) is 2.10. The molecule has 2 rings (SSSR count). The van der Waals surface area contributed by atoms with Gasteiger partial charge in [-0.05, 0) is 12.1 Å². The molecule has 0 aliphatic rings. The Morgan fingerprint density at radius 2 is 1.75 bits per heavy atom. The number of carbonyl (C=O) groups is 2. The zero-order valence-corrected chi connectivity index (χ0v) is 8.22. The minimum Gasteiger partial charge on any atom is -0.478 e. The van der Waals surface area contributed by atoms with Crippen LogP contribution in [-0.2, 0) is 0 Å². The van der Waals surface area contributed by atoms with Crippen molar-refractivity contribution in [2.24, 2.45) is 0 Å². The Morgan fingerprint density at radius 3 is 2.31 bits per heavy atom. The van der Waals surface area contributed by atoms with Crippen molar-refractivity contribution < 1.29 is 24.2 Å². The first-order chi connectivity index (χ1) is 7.49. The standard InChI is InChI=1S/C10H7NO5/c1-4-11-7-2-5(9(12)13)6(10(14)15)3-8(7)16-4/h2-3H,1H3,(H,12,13)(H,14,15). The highest BCUT2D eigenvalue weighted by molar-refractivity contribution is 6.04. The van der Waals surface area contributed by atoms with Crippen molar-refractivity contribution in [3.05, 3.63) is 29.2 Å². The Bertz CT molecular complexity index is 548. The number of benzene rings is 1. The van der Waals surface area contributed by atoms with Crippen LogP contribution in [0.4, 0.5) is 0 Å². The Balaban J connectivity index is 2.80. The van der Waals surface area contributed by atoms with Crippen LogP contribution in [0.25, 0.3) is 11.1 Å². The molecule has 1 aromatic carbocycles. The largest absolute Gasteiger partial charge is 0.478 e. The smallest absolute Gasteiger partial charge is 0.336 e. The lowest BCUT2D eigenvalue weighted by molar-refractivity contribution is 0.0652. The molecule has 0 bridgehead atoms. The molecule has 1 aromatic heterocycles. The van der Waals surface area contributed by atoms with Gasteiger partial charge in [-0.1, -0.05) is 0 Å². The van der Waals surface area contributed by atoms with Crippen LogP contribution in [0.5, 0.6) is 0 Å². The van der Waals surface area contributed by atoms with Gasteiger partial charge in [0, 0.05) is 6.92 Å². The summed E-state index contributed by atoms with van der Waals surface area (Å²) >= 11 is 0. The van der Waals surface area contributed by atoms with Crippen LogP contribution in [0.2, 0.25) is 0 Å². The second-order valence-corrected chi connectivity index (χ2v) is 3.21. The maximum Gasteiger partial charge on any atom is 0.336 e. The quantitative estimate of drug-likeness (QED) is 0.797. The van der Waals surface area contributed by atoms with Gasteiger partial charge in [-0.25, -0.2) is 14.6 Å². The molecule has 0 saturated carbocycles. The van der Waals surface area contributed by atoms with Crippen LogP contribution in [0, 0.1) is 6.92 Å². The van der Waals surface area contributed by atoms with Crippen LogP contribution in [0.1, 0.15) is 26.6 Å². The van der Waals surface area contributed by atoms with Gasteiger partial charge < -0.3 is 14.6 Å². The van der Waals surface area contributed by atoms with Crippen LogP contribution >= 0.6 is 0 Å². The molecule has 0 aliphatic heterocycles. The van der Waals surface area contributed by atoms with E-state index < -0.39 is 11.9 Å². The van der Waals surface area contributed by atoms with E-state index in [-0.39, 0.29) is 16.7 Å². The van der Waals surface area contributed by atoms with Crippen LogP contribution in [-0.4, -0.2) is 27.1 Å². The van der Waals surface area contributed by atoms with Gasteiger partial charge in [0.05, 0.1) is 11.1 Å². The summed E-state index contributed by atoms with van der Waals surface area (Å²) in [5.74, 6) is -2.26. The zero-order chi connectivity index (χ0) is 11.9. The summed E-state index contributed by atoms with van der Waals surface area (Å²) in [5.41, 5.74) is -0.00995. The van der Waals surface area contributed by atoms with Gasteiger partial charge >= 0.3 is 11.9 Å². The number of rotatable bonds is 2. The lowest BCUT2D eigenvalue weighted by Gasteiger charge is -1.99. The molecule has 6 heteroatoms. The van der Waals surface area contributed by atoms with Crippen LogP contribution in [0.15, 0.2) is 16.5 Å². The van der Waals surface area contributed by atoms with Crippen molar-refractivity contribution >= 4 is 23.0 Å². The molecule has 2 N–H and O–H groups in total. The van der Waals surface area contributed by atoms with E-state index in [4.69, 9.17) is 14.6 Å². The second-order valence-electron chi connectivity index (χ2n) is 3.21. The van der Waals surface area contributed by atoms with Gasteiger partial charge in [0.1, 0.15) is 5.52 Å². The van der Waals surface area contributed by atoms with Crippen LogP contribution in [0.3, 0.4) is 0 Å². The fourth-order valence-corrected chi connectivity index (χ4v) is 1.44. The summed E-state index contributed by atoms with van der Waals surface area (Å²) in [6, 6.07) is 2.36. The molecule has 6 nitrogen and oxygen atoms in total. The topological polar surface area (TPSA) is 101 Å². The highest BCUT2D eigenvalue weighted by Crippen LogP contribution is 2.21. The Kier molecular flexibility index (Phi) is 2.12. The molecular weight excluding hydrogens is 214 g/mol. The van der Waals surface area contributed by atoms with Crippen molar-refractivity contribution in [2.45, 2.75) is 6.92 Å². The molecule has 0 amide bonds. The third kappa shape index (κ3) is 1.50. The first-order valence-electron chi connectivity index (χ1n) is 4.37. The average Bonchev–Trinajstić information content (AvgIpc) is 2.54. The van der Waals surface area contributed by atoms with Gasteiger partial charge in [0.2, 0.25) is 0 Å². The fourth-order valence-electron chi connectivity index (χ4n) is 1.44. The number of aromatic nitrogens is 1. The van der Waals surface area contributed by atoms with Crippen molar-refractivity contribution in [2.75, 3.05) is 0 Å². The number of carboxylic acids is 2. The third-order valence-electron chi connectivity index (χ3n) is 2.10. The molecule has 0 aliphatic carbocycles. The monoisotopic (exact) mass is 221 g/mol. The summed E-state index contributed by atoms with van der Waals surface area (Å²) in [5, 5.41) is 17.7. The van der Waals surface area contributed by atoms with Crippen molar-refractivity contribution in [1.29, 1.82) is 0 Å². The lowest BCUT2D eigenvalue weighted by Crippen LogP contribution is -2.07. The Morgan fingerprint density at radius 1 is 1.19 bits per heavy atom. The maximum absolute atomic E-state index is 10.9. The number of hydrogen-bond donors (Lipinski definition) is 2. The van der Waals surface area contributed by atoms with Crippen molar-refractivity contribution in [1.82, 2.24) is 4.98 Å². The van der Waals surface area contributed by atoms with Crippen LogP contribution < -0.4 is 0 Å². The zero-order valence-electron chi connectivity index (χ0n) is 8.22. The normalized spacial score (nSPS) is 10.6. The minimum atomic E-state index is -1.31. The maximum atomic E-state index is 10.9. The minimum absolute atomic E-state index is 0.264. The van der Waals surface area contributed by atoms with Gasteiger partial charge in [-0.15, -0.1) is 0 Å². The Labute approximate surface area is 89.1 Å². The predicted octanol–water partition coefficient (Wildman–Crippen LogP) is 1.53. The molecule has 16 heavy (non-hydrogen) atoms.